The molecule has 7 heavy (non-hydrogen) atoms. The Morgan fingerprint density at radius 1 is 1.57 bits per heavy atom. The van der Waals surface area contributed by atoms with Crippen molar-refractivity contribution >= 4 is 20.6 Å². The molecule has 3 nitrogen and oxygen atoms in total. The summed E-state index contributed by atoms with van der Waals surface area (Å²) in [5.74, 6) is 0. The Hall–Kier alpha value is -0.0131. The van der Waals surface area contributed by atoms with E-state index >= 15 is 0 Å². The molecule has 0 bridgehead atoms. The van der Waals surface area contributed by atoms with Crippen LogP contribution in [-0.2, 0) is 14.4 Å². The predicted molar refractivity (Wildman–Crippen MR) is 20.8 cm³/mol. The van der Waals surface area contributed by atoms with Crippen molar-refractivity contribution < 1.29 is 20.3 Å². The summed E-state index contributed by atoms with van der Waals surface area (Å²) < 4.78 is 43.0. The van der Waals surface area contributed by atoms with Crippen LogP contribution in [0.25, 0.3) is 0 Å². The fraction of sp³-hybridized carbons (Fsp3) is 0. The first-order valence-corrected chi connectivity index (χ1v) is 3.63. The summed E-state index contributed by atoms with van der Waals surface area (Å²) in [6.07, 6.45) is 0. The van der Waals surface area contributed by atoms with Crippen LogP contribution in [-0.4, -0.2) is 18.5 Å². The van der Waals surface area contributed by atoms with Crippen LogP contribution in [0.2, 0.25) is 0 Å². The molecule has 0 fully saturated rings. The zero-order valence-corrected chi connectivity index (χ0v) is 5.33. The van der Waals surface area contributed by atoms with Gasteiger partial charge in [0.1, 0.15) is 0 Å². The highest BCUT2D eigenvalue weighted by Gasteiger charge is 2.04. The number of hydrogen-bond donors (Lipinski definition) is 0. The molecular formula is H2F2O3SSi. The minimum Gasteiger partial charge on any atom is -0.284 e. The van der Waals surface area contributed by atoms with Crippen molar-refractivity contribution in [2.75, 3.05) is 0 Å². The van der Waals surface area contributed by atoms with Crippen molar-refractivity contribution in [2.45, 2.75) is 0 Å². The average Bonchev–Trinajstić information content (AvgIpc) is 1.30. The number of halogens is 2. The maximum absolute atomic E-state index is 10.9. The van der Waals surface area contributed by atoms with Crippen molar-refractivity contribution in [3.63, 3.8) is 0 Å². The summed E-state index contributed by atoms with van der Waals surface area (Å²) in [5.41, 5.74) is 0. The third kappa shape index (κ3) is 5.99. The van der Waals surface area contributed by atoms with Gasteiger partial charge in [0.05, 0.1) is 0 Å². The van der Waals surface area contributed by atoms with E-state index in [2.05, 4.69) is 3.87 Å². The van der Waals surface area contributed by atoms with Crippen LogP contribution in [0.1, 0.15) is 0 Å². The van der Waals surface area contributed by atoms with E-state index in [-0.39, 0.29) is 0 Å². The topological polar surface area (TPSA) is 43.4 Å². The molecule has 0 spiro atoms. The lowest BCUT2D eigenvalue weighted by Crippen LogP contribution is -1.97. The molecule has 0 aromatic heterocycles. The summed E-state index contributed by atoms with van der Waals surface area (Å²) in [6, 6.07) is 0. The Kier molecular flexibility index (Phi) is 2.33. The van der Waals surface area contributed by atoms with Crippen LogP contribution in [0.5, 0.6) is 0 Å². The van der Waals surface area contributed by atoms with Gasteiger partial charge in [-0.2, -0.15) is 8.42 Å². The second-order valence-corrected chi connectivity index (χ2v) is 2.57. The van der Waals surface area contributed by atoms with E-state index in [1.54, 1.807) is 0 Å². The van der Waals surface area contributed by atoms with Crippen molar-refractivity contribution in [3.8, 4) is 0 Å². The highest BCUT2D eigenvalue weighted by atomic mass is 32.3. The molecule has 7 heteroatoms. The van der Waals surface area contributed by atoms with Gasteiger partial charge in [0, 0.05) is 0 Å². The maximum Gasteiger partial charge on any atom is 0.429 e. The Balaban J connectivity index is 3.60. The fourth-order valence-electron chi connectivity index (χ4n) is 0.0532. The minimum atomic E-state index is -4.99. The van der Waals surface area contributed by atoms with Gasteiger partial charge in [0.15, 0.2) is 0 Å². The summed E-state index contributed by atoms with van der Waals surface area (Å²) in [5, 5.41) is 0. The van der Waals surface area contributed by atoms with E-state index in [1.807, 2.05) is 0 Å². The zero-order chi connectivity index (χ0) is 5.91. The standard InChI is InChI=1S/F2H2O3SSi/c1-6(3,4)5-7-2/h7H2. The Morgan fingerprint density at radius 3 is 2.00 bits per heavy atom. The fourth-order valence-corrected chi connectivity index (χ4v) is 0.479. The highest BCUT2D eigenvalue weighted by molar-refractivity contribution is 7.82. The lowest BCUT2D eigenvalue weighted by atomic mass is 15.8. The van der Waals surface area contributed by atoms with Crippen molar-refractivity contribution in [2.24, 2.45) is 0 Å². The van der Waals surface area contributed by atoms with Gasteiger partial charge < -0.3 is 0 Å². The van der Waals surface area contributed by atoms with E-state index in [4.69, 9.17) is 8.42 Å². The first-order valence-electron chi connectivity index (χ1n) is 1.21. The molecular weight excluding hydrogens is 146 g/mol. The van der Waals surface area contributed by atoms with Gasteiger partial charge >= 0.3 is 20.6 Å². The van der Waals surface area contributed by atoms with Gasteiger partial charge in [0.25, 0.3) is 0 Å². The molecule has 0 amide bonds. The summed E-state index contributed by atoms with van der Waals surface area (Å²) in [6.45, 7) is 0. The van der Waals surface area contributed by atoms with Gasteiger partial charge in [-0.25, -0.2) is 0 Å². The second-order valence-electron chi connectivity index (χ2n) is 0.620. The lowest BCUT2D eigenvalue weighted by Gasteiger charge is -1.83. The SMILES string of the molecule is O=S(=O)(F)O[SiH2]F. The van der Waals surface area contributed by atoms with Crippen LogP contribution in [0, 0.1) is 0 Å². The number of hydrogen-bond acceptors (Lipinski definition) is 3. The minimum absolute atomic E-state index is 2.65. The van der Waals surface area contributed by atoms with E-state index in [1.165, 1.54) is 0 Å². The van der Waals surface area contributed by atoms with E-state index in [9.17, 15) is 7.99 Å². The molecule has 0 aliphatic carbocycles. The van der Waals surface area contributed by atoms with Gasteiger partial charge in [-0.15, -0.1) is 0 Å². The van der Waals surface area contributed by atoms with Crippen molar-refractivity contribution in [3.05, 3.63) is 0 Å². The molecule has 0 aromatic carbocycles. The molecule has 0 saturated heterocycles. The molecule has 0 atom stereocenters. The molecule has 0 unspecified atom stereocenters. The van der Waals surface area contributed by atoms with Crippen molar-refractivity contribution in [1.82, 2.24) is 0 Å². The second kappa shape index (κ2) is 2.33. The molecule has 0 aromatic rings. The molecule has 0 saturated carbocycles. The van der Waals surface area contributed by atoms with Gasteiger partial charge in [-0.05, 0) is 0 Å². The number of rotatable bonds is 2. The Morgan fingerprint density at radius 2 is 2.00 bits per heavy atom. The Bertz CT molecular complexity index is 126. The third-order valence-electron chi connectivity index (χ3n) is 0.185. The largest absolute Gasteiger partial charge is 0.429 e. The van der Waals surface area contributed by atoms with Crippen LogP contribution in [0.15, 0.2) is 0 Å². The quantitative estimate of drug-likeness (QED) is 0.292. The lowest BCUT2D eigenvalue weighted by molar-refractivity contribution is 0.436. The van der Waals surface area contributed by atoms with E-state index in [0.29, 0.717) is 0 Å². The summed E-state index contributed by atoms with van der Waals surface area (Å²) in [7, 11) is -7.64. The van der Waals surface area contributed by atoms with Gasteiger partial charge in [0.2, 0.25) is 0 Å². The van der Waals surface area contributed by atoms with Crippen LogP contribution in [0.4, 0.5) is 7.99 Å². The summed E-state index contributed by atoms with van der Waals surface area (Å²) in [4.78, 5) is 0. The monoisotopic (exact) mass is 148 g/mol. The first-order chi connectivity index (χ1) is 3.06. The van der Waals surface area contributed by atoms with Gasteiger partial charge in [-0.1, -0.05) is 3.89 Å². The molecule has 44 valence electrons. The average molecular weight is 148 g/mol. The predicted octanol–water partition coefficient (Wildman–Crippen LogP) is -0.814. The van der Waals surface area contributed by atoms with E-state index < -0.39 is 20.6 Å². The first kappa shape index (κ1) is 6.99. The summed E-state index contributed by atoms with van der Waals surface area (Å²) >= 11 is 0. The molecule has 0 heterocycles. The van der Waals surface area contributed by atoms with Crippen molar-refractivity contribution in [1.29, 1.82) is 0 Å². The smallest absolute Gasteiger partial charge is 0.284 e. The normalized spacial score (nSPS) is 13.4. The third-order valence-corrected chi connectivity index (χ3v) is 1.67. The van der Waals surface area contributed by atoms with Crippen LogP contribution < -0.4 is 0 Å². The highest BCUT2D eigenvalue weighted by Crippen LogP contribution is 1.89. The molecule has 0 radical (unpaired) electrons. The molecule has 0 aliphatic heterocycles. The molecule has 0 N–H and O–H groups in total. The Labute approximate surface area is 41.8 Å². The zero-order valence-electron chi connectivity index (χ0n) is 3.10. The van der Waals surface area contributed by atoms with Gasteiger partial charge in [-0.3, -0.25) is 7.98 Å². The molecule has 0 aliphatic rings. The van der Waals surface area contributed by atoms with Crippen LogP contribution in [0.3, 0.4) is 0 Å². The molecule has 0 rings (SSSR count). The van der Waals surface area contributed by atoms with Crippen LogP contribution >= 0.6 is 0 Å². The van der Waals surface area contributed by atoms with E-state index in [0.717, 1.165) is 0 Å². The maximum atomic E-state index is 10.9.